The number of carbonyl (C=O) groups is 3. The molecule has 1 aromatic heterocycles. The topological polar surface area (TPSA) is 141 Å². The third-order valence-electron chi connectivity index (χ3n) is 5.15. The number of furan rings is 1. The molecule has 3 rings (SSSR count). The first kappa shape index (κ1) is 26.9. The van der Waals surface area contributed by atoms with Crippen LogP contribution in [0.5, 0.6) is 0 Å². The minimum atomic E-state index is -0.995. The second-order valence-electron chi connectivity index (χ2n) is 8.59. The summed E-state index contributed by atoms with van der Waals surface area (Å²) in [5.74, 6) is -2.11. The predicted octanol–water partition coefficient (Wildman–Crippen LogP) is 4.23. The molecular formula is C27H27N3O7. The summed E-state index contributed by atoms with van der Waals surface area (Å²) in [7, 11) is 0. The third-order valence-corrected chi connectivity index (χ3v) is 5.15. The van der Waals surface area contributed by atoms with Gasteiger partial charge in [0.2, 0.25) is 0 Å². The zero-order valence-corrected chi connectivity index (χ0v) is 20.4. The van der Waals surface area contributed by atoms with Crippen LogP contribution in [0.3, 0.4) is 0 Å². The van der Waals surface area contributed by atoms with E-state index in [2.05, 4.69) is 10.6 Å². The number of hydrogen-bond donors (Lipinski definition) is 2. The minimum Gasteiger partial charge on any atom is -0.459 e. The first-order chi connectivity index (χ1) is 17.7. The van der Waals surface area contributed by atoms with Gasteiger partial charge < -0.3 is 19.8 Å². The summed E-state index contributed by atoms with van der Waals surface area (Å²) in [6, 6.07) is 16.6. The van der Waals surface area contributed by atoms with Crippen molar-refractivity contribution in [3.8, 4) is 0 Å². The molecule has 0 aliphatic heterocycles. The monoisotopic (exact) mass is 505 g/mol. The van der Waals surface area contributed by atoms with Gasteiger partial charge in [0.25, 0.3) is 17.5 Å². The van der Waals surface area contributed by atoms with Gasteiger partial charge in [-0.2, -0.15) is 0 Å². The molecule has 10 heteroatoms. The van der Waals surface area contributed by atoms with Gasteiger partial charge in [-0.05, 0) is 41.7 Å². The lowest BCUT2D eigenvalue weighted by atomic mass is 10.0. The molecule has 1 atom stereocenters. The first-order valence-electron chi connectivity index (χ1n) is 11.6. The number of nitrogens with one attached hydrogen (secondary N) is 2. The number of nitro groups is 1. The number of rotatable bonds is 11. The first-order valence-corrected chi connectivity index (χ1v) is 11.6. The Morgan fingerprint density at radius 2 is 1.81 bits per heavy atom. The molecule has 0 radical (unpaired) electrons. The molecule has 0 saturated carbocycles. The number of nitrogens with zero attached hydrogens (tertiary/aromatic N) is 1. The number of esters is 1. The molecule has 10 nitrogen and oxygen atoms in total. The molecule has 0 spiro atoms. The smallest absolute Gasteiger partial charge is 0.328 e. The van der Waals surface area contributed by atoms with E-state index in [0.717, 1.165) is 5.56 Å². The van der Waals surface area contributed by atoms with Crippen LogP contribution >= 0.6 is 0 Å². The number of benzene rings is 2. The maximum absolute atomic E-state index is 13.3. The quantitative estimate of drug-likeness (QED) is 0.172. The van der Waals surface area contributed by atoms with Crippen molar-refractivity contribution in [2.45, 2.75) is 32.9 Å². The highest BCUT2D eigenvalue weighted by atomic mass is 16.6. The molecule has 0 saturated heterocycles. The van der Waals surface area contributed by atoms with Crippen molar-refractivity contribution in [2.75, 3.05) is 0 Å². The SMILES string of the molecule is CC(C)C[C@@H](NC(=O)/C(=C\c1cccc([N+](=O)[O-])c1)NC(=O)c1ccco1)C(=O)OCc1ccccc1. The predicted molar refractivity (Wildman–Crippen MR) is 135 cm³/mol. The van der Waals surface area contributed by atoms with Crippen molar-refractivity contribution in [3.05, 3.63) is 106 Å². The lowest BCUT2D eigenvalue weighted by Crippen LogP contribution is -2.45. The average molecular weight is 506 g/mol. The van der Waals surface area contributed by atoms with Gasteiger partial charge in [-0.25, -0.2) is 4.79 Å². The fourth-order valence-corrected chi connectivity index (χ4v) is 3.40. The second kappa shape index (κ2) is 12.8. The number of hydrogen-bond acceptors (Lipinski definition) is 7. The highest BCUT2D eigenvalue weighted by Crippen LogP contribution is 2.16. The summed E-state index contributed by atoms with van der Waals surface area (Å²) in [6.07, 6.45) is 2.88. The Hall–Kier alpha value is -4.73. The average Bonchev–Trinajstić information content (AvgIpc) is 3.42. The third kappa shape index (κ3) is 8.17. The number of amides is 2. The van der Waals surface area contributed by atoms with Crippen molar-refractivity contribution >= 4 is 29.5 Å². The van der Waals surface area contributed by atoms with E-state index < -0.39 is 28.7 Å². The Morgan fingerprint density at radius 3 is 2.46 bits per heavy atom. The van der Waals surface area contributed by atoms with E-state index in [1.165, 1.54) is 42.7 Å². The fourth-order valence-electron chi connectivity index (χ4n) is 3.40. The lowest BCUT2D eigenvalue weighted by molar-refractivity contribution is -0.384. The fraction of sp³-hybridized carbons (Fsp3) is 0.222. The van der Waals surface area contributed by atoms with Gasteiger partial charge in [0.05, 0.1) is 11.2 Å². The number of non-ortho nitro benzene ring substituents is 1. The Bertz CT molecular complexity index is 1270. The summed E-state index contributed by atoms with van der Waals surface area (Å²) >= 11 is 0. The highest BCUT2D eigenvalue weighted by Gasteiger charge is 2.26. The molecular weight excluding hydrogens is 478 g/mol. The van der Waals surface area contributed by atoms with Crippen LogP contribution in [0.1, 0.15) is 41.9 Å². The highest BCUT2D eigenvalue weighted by molar-refractivity contribution is 6.05. The van der Waals surface area contributed by atoms with E-state index in [1.807, 2.05) is 44.2 Å². The summed E-state index contributed by atoms with van der Waals surface area (Å²) in [5, 5.41) is 16.3. The van der Waals surface area contributed by atoms with Gasteiger partial charge in [-0.15, -0.1) is 0 Å². The molecule has 0 aliphatic rings. The van der Waals surface area contributed by atoms with E-state index in [-0.39, 0.29) is 36.1 Å². The van der Waals surface area contributed by atoms with Crippen LogP contribution in [0.2, 0.25) is 0 Å². The zero-order chi connectivity index (χ0) is 26.8. The molecule has 2 aromatic carbocycles. The maximum atomic E-state index is 13.3. The molecule has 0 unspecified atom stereocenters. The molecule has 2 N–H and O–H groups in total. The molecule has 192 valence electrons. The van der Waals surface area contributed by atoms with Crippen LogP contribution in [-0.4, -0.2) is 28.7 Å². The molecule has 37 heavy (non-hydrogen) atoms. The Balaban J connectivity index is 1.84. The van der Waals surface area contributed by atoms with Crippen molar-refractivity contribution < 1.29 is 28.5 Å². The van der Waals surface area contributed by atoms with Gasteiger partial charge in [-0.1, -0.05) is 56.3 Å². The number of carbonyl (C=O) groups excluding carboxylic acids is 3. The van der Waals surface area contributed by atoms with E-state index in [9.17, 15) is 24.5 Å². The van der Waals surface area contributed by atoms with Gasteiger partial charge in [0.15, 0.2) is 5.76 Å². The molecule has 2 amide bonds. The van der Waals surface area contributed by atoms with Crippen LogP contribution in [-0.2, 0) is 20.9 Å². The van der Waals surface area contributed by atoms with Crippen LogP contribution < -0.4 is 10.6 Å². The van der Waals surface area contributed by atoms with Crippen molar-refractivity contribution in [2.24, 2.45) is 5.92 Å². The lowest BCUT2D eigenvalue weighted by Gasteiger charge is -2.20. The molecule has 0 fully saturated rings. The maximum Gasteiger partial charge on any atom is 0.328 e. The number of ether oxygens (including phenoxy) is 1. The van der Waals surface area contributed by atoms with Crippen molar-refractivity contribution in [3.63, 3.8) is 0 Å². The summed E-state index contributed by atoms with van der Waals surface area (Å²) < 4.78 is 10.5. The van der Waals surface area contributed by atoms with Gasteiger partial charge in [0.1, 0.15) is 18.3 Å². The number of nitro benzene ring substituents is 1. The molecule has 0 bridgehead atoms. The molecule has 0 aliphatic carbocycles. The van der Waals surface area contributed by atoms with E-state index in [0.29, 0.717) is 5.56 Å². The normalized spacial score (nSPS) is 12.0. The van der Waals surface area contributed by atoms with Crippen molar-refractivity contribution in [1.29, 1.82) is 0 Å². The van der Waals surface area contributed by atoms with Crippen LogP contribution in [0.25, 0.3) is 6.08 Å². The van der Waals surface area contributed by atoms with E-state index in [1.54, 1.807) is 6.07 Å². The summed E-state index contributed by atoms with van der Waals surface area (Å²) in [4.78, 5) is 49.4. The Kier molecular flexibility index (Phi) is 9.31. The van der Waals surface area contributed by atoms with Gasteiger partial charge in [0, 0.05) is 12.1 Å². The Labute approximate surface area is 213 Å². The standard InChI is InChI=1S/C27H27N3O7/c1-18(2)14-23(27(33)37-17-19-8-4-3-5-9-19)29-25(31)22(28-26(32)24-12-7-13-36-24)16-20-10-6-11-21(15-20)30(34)35/h3-13,15-16,18,23H,14,17H2,1-2H3,(H,28,32)(H,29,31)/b22-16+/t23-/m1/s1. The van der Waals surface area contributed by atoms with E-state index in [4.69, 9.17) is 9.15 Å². The van der Waals surface area contributed by atoms with E-state index >= 15 is 0 Å². The van der Waals surface area contributed by atoms with Crippen LogP contribution in [0, 0.1) is 16.0 Å². The summed E-state index contributed by atoms with van der Waals surface area (Å²) in [5.41, 5.74) is 0.674. The zero-order valence-electron chi connectivity index (χ0n) is 20.4. The summed E-state index contributed by atoms with van der Waals surface area (Å²) in [6.45, 7) is 3.82. The van der Waals surface area contributed by atoms with Crippen molar-refractivity contribution in [1.82, 2.24) is 10.6 Å². The Morgan fingerprint density at radius 1 is 1.05 bits per heavy atom. The van der Waals surface area contributed by atoms with Gasteiger partial charge in [-0.3, -0.25) is 19.7 Å². The second-order valence-corrected chi connectivity index (χ2v) is 8.59. The largest absolute Gasteiger partial charge is 0.459 e. The van der Waals surface area contributed by atoms with Gasteiger partial charge >= 0.3 is 5.97 Å². The molecule has 3 aromatic rings. The van der Waals surface area contributed by atoms with Crippen LogP contribution in [0.15, 0.2) is 83.1 Å². The minimum absolute atomic E-state index is 0.0374. The molecule has 1 heterocycles. The van der Waals surface area contributed by atoms with Crippen LogP contribution in [0.4, 0.5) is 5.69 Å².